The van der Waals surface area contributed by atoms with Crippen LogP contribution in [-0.2, 0) is 10.0 Å². The lowest BCUT2D eigenvalue weighted by atomic mass is 10.3. The highest BCUT2D eigenvalue weighted by molar-refractivity contribution is 7.99. The zero-order chi connectivity index (χ0) is 22.6. The first-order valence-electron chi connectivity index (χ1n) is 8.43. The number of anilines is 1. The predicted octanol–water partition coefficient (Wildman–Crippen LogP) is 5.45. The second-order valence-corrected chi connectivity index (χ2v) is 8.83. The van der Waals surface area contributed by atoms with E-state index in [1.54, 1.807) is 24.3 Å². The molecule has 0 aliphatic heterocycles. The van der Waals surface area contributed by atoms with E-state index in [9.17, 15) is 31.7 Å². The first-order chi connectivity index (χ1) is 14.5. The molecule has 162 valence electrons. The van der Waals surface area contributed by atoms with Gasteiger partial charge in [-0.15, -0.1) is 13.2 Å². The molecule has 0 unspecified atom stereocenters. The molecule has 0 spiro atoms. The third-order valence-electron chi connectivity index (χ3n) is 3.76. The fraction of sp³-hybridized carbons (Fsp3) is 0.0526. The number of nitrogens with zero attached hydrogens (tertiary/aromatic N) is 1. The van der Waals surface area contributed by atoms with Gasteiger partial charge in [0.1, 0.15) is 5.75 Å². The van der Waals surface area contributed by atoms with E-state index in [1.807, 2.05) is 0 Å². The van der Waals surface area contributed by atoms with Crippen molar-refractivity contribution < 1.29 is 31.2 Å². The molecular formula is C19H13F3N2O5S2. The zero-order valence-electron chi connectivity index (χ0n) is 15.4. The highest BCUT2D eigenvalue weighted by atomic mass is 32.2. The van der Waals surface area contributed by atoms with Crippen LogP contribution in [0.1, 0.15) is 0 Å². The van der Waals surface area contributed by atoms with Crippen LogP contribution < -0.4 is 9.46 Å². The molecule has 3 aromatic rings. The van der Waals surface area contributed by atoms with Crippen molar-refractivity contribution in [2.75, 3.05) is 4.72 Å². The van der Waals surface area contributed by atoms with Crippen molar-refractivity contribution >= 4 is 33.2 Å². The maximum atomic E-state index is 12.4. The number of halogens is 3. The van der Waals surface area contributed by atoms with E-state index < -0.39 is 27.1 Å². The lowest BCUT2D eigenvalue weighted by molar-refractivity contribution is -0.384. The van der Waals surface area contributed by atoms with Crippen LogP contribution in [-0.4, -0.2) is 19.7 Å². The molecule has 0 saturated carbocycles. The summed E-state index contributed by atoms with van der Waals surface area (Å²) in [6.45, 7) is 0. The Kier molecular flexibility index (Phi) is 6.41. The van der Waals surface area contributed by atoms with E-state index in [1.165, 1.54) is 36.0 Å². The average Bonchev–Trinajstić information content (AvgIpc) is 2.69. The van der Waals surface area contributed by atoms with E-state index in [4.69, 9.17) is 0 Å². The number of hydrogen-bond donors (Lipinski definition) is 1. The van der Waals surface area contributed by atoms with Gasteiger partial charge in [0, 0.05) is 27.6 Å². The van der Waals surface area contributed by atoms with Gasteiger partial charge in [0.25, 0.3) is 15.7 Å². The molecule has 12 heteroatoms. The number of hydrogen-bond acceptors (Lipinski definition) is 6. The maximum absolute atomic E-state index is 12.4. The summed E-state index contributed by atoms with van der Waals surface area (Å²) in [5.74, 6) is -0.529. The van der Waals surface area contributed by atoms with Crippen molar-refractivity contribution in [2.45, 2.75) is 21.0 Å². The Hall–Kier alpha value is -3.25. The van der Waals surface area contributed by atoms with Gasteiger partial charge in [0.2, 0.25) is 0 Å². The monoisotopic (exact) mass is 470 g/mol. The Bertz CT molecular complexity index is 1170. The second kappa shape index (κ2) is 8.86. The minimum atomic E-state index is -4.87. The highest BCUT2D eigenvalue weighted by Gasteiger charge is 2.31. The molecule has 0 bridgehead atoms. The third-order valence-corrected chi connectivity index (χ3v) is 6.17. The van der Waals surface area contributed by atoms with E-state index in [0.717, 1.165) is 34.1 Å². The summed E-state index contributed by atoms with van der Waals surface area (Å²) in [6.07, 6.45) is -4.87. The minimum Gasteiger partial charge on any atom is -0.406 e. The van der Waals surface area contributed by atoms with Crippen LogP contribution in [0.4, 0.5) is 24.5 Å². The van der Waals surface area contributed by atoms with Crippen LogP contribution in [0.5, 0.6) is 5.75 Å². The van der Waals surface area contributed by atoms with Crippen LogP contribution in [0.3, 0.4) is 0 Å². The van der Waals surface area contributed by atoms with E-state index in [-0.39, 0.29) is 16.3 Å². The first kappa shape index (κ1) is 22.4. The molecule has 0 amide bonds. The number of non-ortho nitro benzene ring substituents is 1. The van der Waals surface area contributed by atoms with Crippen molar-refractivity contribution in [2.24, 2.45) is 0 Å². The molecule has 1 N–H and O–H groups in total. The molecule has 3 rings (SSSR count). The summed E-state index contributed by atoms with van der Waals surface area (Å²) < 4.78 is 67.5. The minimum absolute atomic E-state index is 0.0212. The predicted molar refractivity (Wildman–Crippen MR) is 108 cm³/mol. The number of nitro groups is 1. The van der Waals surface area contributed by atoms with Gasteiger partial charge >= 0.3 is 6.36 Å². The maximum Gasteiger partial charge on any atom is 0.573 e. The van der Waals surface area contributed by atoms with Crippen LogP contribution in [0.25, 0.3) is 0 Å². The van der Waals surface area contributed by atoms with Gasteiger partial charge in [-0.25, -0.2) is 8.42 Å². The third kappa shape index (κ3) is 6.36. The van der Waals surface area contributed by atoms with Crippen LogP contribution in [0.2, 0.25) is 0 Å². The Morgan fingerprint density at radius 2 is 1.39 bits per heavy atom. The molecule has 0 aliphatic rings. The Morgan fingerprint density at radius 1 is 0.871 bits per heavy atom. The van der Waals surface area contributed by atoms with Gasteiger partial charge in [-0.1, -0.05) is 11.8 Å². The largest absolute Gasteiger partial charge is 0.573 e. The van der Waals surface area contributed by atoms with Crippen molar-refractivity contribution in [3.05, 3.63) is 82.9 Å². The first-order valence-corrected chi connectivity index (χ1v) is 10.7. The quantitative estimate of drug-likeness (QED) is 0.364. The lowest BCUT2D eigenvalue weighted by Crippen LogP contribution is -2.17. The summed E-state index contributed by atoms with van der Waals surface area (Å²) in [5, 5.41) is 10.7. The van der Waals surface area contributed by atoms with Crippen molar-refractivity contribution in [3.8, 4) is 5.75 Å². The summed E-state index contributed by atoms with van der Waals surface area (Å²) in [6, 6.07) is 16.2. The average molecular weight is 470 g/mol. The number of benzene rings is 3. The number of nitro benzene ring substituents is 1. The topological polar surface area (TPSA) is 98.5 Å². The molecular weight excluding hydrogens is 457 g/mol. The Balaban J connectivity index is 1.66. The molecule has 0 aromatic heterocycles. The van der Waals surface area contributed by atoms with E-state index >= 15 is 0 Å². The summed E-state index contributed by atoms with van der Waals surface area (Å²) in [4.78, 5) is 11.5. The number of alkyl halides is 3. The van der Waals surface area contributed by atoms with Crippen molar-refractivity contribution in [3.63, 3.8) is 0 Å². The van der Waals surface area contributed by atoms with Gasteiger partial charge in [-0.3, -0.25) is 14.8 Å². The van der Waals surface area contributed by atoms with Crippen LogP contribution >= 0.6 is 11.8 Å². The second-order valence-electron chi connectivity index (χ2n) is 6.00. The van der Waals surface area contributed by atoms with Gasteiger partial charge in [0.05, 0.1) is 9.82 Å². The van der Waals surface area contributed by atoms with Crippen molar-refractivity contribution in [1.82, 2.24) is 0 Å². The molecule has 0 saturated heterocycles. The fourth-order valence-corrected chi connectivity index (χ4v) is 4.27. The molecule has 0 heterocycles. The highest BCUT2D eigenvalue weighted by Crippen LogP contribution is 2.30. The fourth-order valence-electron chi connectivity index (χ4n) is 2.40. The number of nitrogens with one attached hydrogen (secondary N) is 1. The van der Waals surface area contributed by atoms with Crippen LogP contribution in [0.15, 0.2) is 87.5 Å². The molecule has 0 radical (unpaired) electrons. The van der Waals surface area contributed by atoms with Gasteiger partial charge < -0.3 is 4.74 Å². The molecule has 7 nitrogen and oxygen atoms in total. The molecule has 3 aromatic carbocycles. The SMILES string of the molecule is O=[N+]([O-])c1ccc(Sc2ccc(NS(=O)(=O)c3ccc(OC(F)(F)F)cc3)cc2)cc1. The van der Waals surface area contributed by atoms with Crippen LogP contribution in [0, 0.1) is 10.1 Å². The van der Waals surface area contributed by atoms with Crippen molar-refractivity contribution in [1.29, 1.82) is 0 Å². The van der Waals surface area contributed by atoms with Gasteiger partial charge in [0.15, 0.2) is 0 Å². The number of ether oxygens (including phenoxy) is 1. The molecule has 31 heavy (non-hydrogen) atoms. The molecule has 0 fully saturated rings. The molecule has 0 atom stereocenters. The smallest absolute Gasteiger partial charge is 0.406 e. The lowest BCUT2D eigenvalue weighted by Gasteiger charge is -2.11. The van der Waals surface area contributed by atoms with E-state index in [0.29, 0.717) is 0 Å². The summed E-state index contributed by atoms with van der Waals surface area (Å²) in [5.41, 5.74) is 0.232. The Morgan fingerprint density at radius 3 is 1.87 bits per heavy atom. The Labute approximate surface area is 179 Å². The molecule has 0 aliphatic carbocycles. The van der Waals surface area contributed by atoms with E-state index in [2.05, 4.69) is 9.46 Å². The standard InChI is InChI=1S/C19H13F3N2O5S2/c20-19(21,22)29-15-5-11-18(12-6-15)31(27,28)23-13-1-7-16(8-2-13)30-17-9-3-14(4-10-17)24(25)26/h1-12,23H. The normalized spacial score (nSPS) is 11.7. The number of rotatable bonds is 7. The van der Waals surface area contributed by atoms with Gasteiger partial charge in [-0.05, 0) is 60.7 Å². The summed E-state index contributed by atoms with van der Waals surface area (Å²) >= 11 is 1.33. The van der Waals surface area contributed by atoms with Gasteiger partial charge in [-0.2, -0.15) is 0 Å². The summed E-state index contributed by atoms with van der Waals surface area (Å²) in [7, 11) is -4.02. The zero-order valence-corrected chi connectivity index (χ0v) is 17.0. The number of sulfonamides is 1.